The zero-order valence-corrected chi connectivity index (χ0v) is 12.7. The third-order valence-corrected chi connectivity index (χ3v) is 5.30. The summed E-state index contributed by atoms with van der Waals surface area (Å²) in [7, 11) is -3.53. The second kappa shape index (κ2) is 6.37. The van der Waals surface area contributed by atoms with Crippen molar-refractivity contribution in [3.05, 3.63) is 42.9 Å². The van der Waals surface area contributed by atoms with Gasteiger partial charge in [-0.25, -0.2) is 8.42 Å². The first-order chi connectivity index (χ1) is 10.7. The topological polar surface area (TPSA) is 85.3 Å². The van der Waals surface area contributed by atoms with Crippen molar-refractivity contribution in [2.24, 2.45) is 0 Å². The van der Waals surface area contributed by atoms with Crippen molar-refractivity contribution in [1.29, 1.82) is 0 Å². The summed E-state index contributed by atoms with van der Waals surface area (Å²) in [5.74, 6) is 0.410. The maximum Gasteiger partial charge on any atom is 0.244 e. The molecule has 1 atom stereocenters. The quantitative estimate of drug-likeness (QED) is 0.839. The molecule has 2 aromatic rings. The van der Waals surface area contributed by atoms with E-state index in [-0.39, 0.29) is 11.0 Å². The van der Waals surface area contributed by atoms with Gasteiger partial charge in [-0.3, -0.25) is 4.98 Å². The first kappa shape index (κ1) is 14.9. The molecule has 0 bridgehead atoms. The molecule has 0 radical (unpaired) electrons. The van der Waals surface area contributed by atoms with Gasteiger partial charge in [0, 0.05) is 31.2 Å². The van der Waals surface area contributed by atoms with Crippen molar-refractivity contribution in [2.45, 2.75) is 23.8 Å². The van der Waals surface area contributed by atoms with E-state index in [0.717, 1.165) is 12.8 Å². The summed E-state index contributed by atoms with van der Waals surface area (Å²) >= 11 is 0. The third-order valence-electron chi connectivity index (χ3n) is 3.45. The summed E-state index contributed by atoms with van der Waals surface area (Å²) < 4.78 is 32.3. The number of aromatic nitrogens is 3. The Kier molecular flexibility index (Phi) is 4.30. The van der Waals surface area contributed by atoms with E-state index in [1.54, 1.807) is 36.7 Å². The fourth-order valence-electron chi connectivity index (χ4n) is 2.39. The van der Waals surface area contributed by atoms with Crippen molar-refractivity contribution in [3.63, 3.8) is 0 Å². The number of ether oxygens (including phenoxy) is 1. The summed E-state index contributed by atoms with van der Waals surface area (Å²) in [6.07, 6.45) is 5.78. The highest BCUT2D eigenvalue weighted by atomic mass is 32.2. The van der Waals surface area contributed by atoms with Gasteiger partial charge in [-0.2, -0.15) is 9.40 Å². The van der Waals surface area contributed by atoms with E-state index >= 15 is 0 Å². The average molecular weight is 320 g/mol. The first-order valence-electron chi connectivity index (χ1n) is 7.01. The molecule has 7 nitrogen and oxygen atoms in total. The number of piperidine rings is 1. The maximum absolute atomic E-state index is 12.6. The molecule has 0 N–H and O–H groups in total. The van der Waals surface area contributed by atoms with Crippen LogP contribution in [0.1, 0.15) is 12.8 Å². The minimum Gasteiger partial charge on any atom is -0.472 e. The van der Waals surface area contributed by atoms with Gasteiger partial charge in [0.25, 0.3) is 0 Å². The van der Waals surface area contributed by atoms with Crippen LogP contribution in [0.3, 0.4) is 0 Å². The van der Waals surface area contributed by atoms with Gasteiger partial charge in [0.1, 0.15) is 11.0 Å². The molecule has 1 saturated heterocycles. The minimum atomic E-state index is -3.53. The Morgan fingerprint density at radius 1 is 1.23 bits per heavy atom. The zero-order chi connectivity index (χ0) is 15.4. The molecule has 0 aliphatic carbocycles. The molecular formula is C14H16N4O3S. The van der Waals surface area contributed by atoms with Crippen molar-refractivity contribution >= 4 is 10.0 Å². The van der Waals surface area contributed by atoms with Crippen LogP contribution in [0.4, 0.5) is 0 Å². The molecular weight excluding hydrogens is 304 g/mol. The van der Waals surface area contributed by atoms with E-state index in [0.29, 0.717) is 19.0 Å². The zero-order valence-electron chi connectivity index (χ0n) is 11.9. The number of hydrogen-bond donors (Lipinski definition) is 0. The molecule has 2 aromatic heterocycles. The highest BCUT2D eigenvalue weighted by molar-refractivity contribution is 7.89. The van der Waals surface area contributed by atoms with E-state index in [1.807, 2.05) is 0 Å². The SMILES string of the molecule is O=S(=O)(c1cccnc1)N1CCCC(Oc2cccnn2)C1. The van der Waals surface area contributed by atoms with Crippen LogP contribution in [-0.2, 0) is 10.0 Å². The van der Waals surface area contributed by atoms with Crippen LogP contribution in [-0.4, -0.2) is 47.1 Å². The molecule has 116 valence electrons. The molecule has 0 amide bonds. The first-order valence-corrected chi connectivity index (χ1v) is 8.45. The molecule has 0 aromatic carbocycles. The van der Waals surface area contributed by atoms with Crippen molar-refractivity contribution in [3.8, 4) is 5.88 Å². The van der Waals surface area contributed by atoms with Crippen molar-refractivity contribution in [2.75, 3.05) is 13.1 Å². The summed E-state index contributed by atoms with van der Waals surface area (Å²) in [6, 6.07) is 6.61. The monoisotopic (exact) mass is 320 g/mol. The number of rotatable bonds is 4. The van der Waals surface area contributed by atoms with Gasteiger partial charge in [0.15, 0.2) is 0 Å². The van der Waals surface area contributed by atoms with Crippen molar-refractivity contribution in [1.82, 2.24) is 19.5 Å². The lowest BCUT2D eigenvalue weighted by Gasteiger charge is -2.31. The molecule has 22 heavy (non-hydrogen) atoms. The van der Waals surface area contributed by atoms with Gasteiger partial charge in [0.2, 0.25) is 15.9 Å². The second-order valence-corrected chi connectivity index (χ2v) is 6.93. The number of sulfonamides is 1. The second-order valence-electron chi connectivity index (χ2n) is 5.00. The lowest BCUT2D eigenvalue weighted by Crippen LogP contribution is -2.44. The van der Waals surface area contributed by atoms with Crippen LogP contribution in [0, 0.1) is 0 Å². The van der Waals surface area contributed by atoms with E-state index in [1.165, 1.54) is 10.5 Å². The molecule has 0 spiro atoms. The Morgan fingerprint density at radius 2 is 2.09 bits per heavy atom. The Morgan fingerprint density at radius 3 is 2.82 bits per heavy atom. The molecule has 0 saturated carbocycles. The number of hydrogen-bond acceptors (Lipinski definition) is 6. The van der Waals surface area contributed by atoms with Crippen LogP contribution in [0.2, 0.25) is 0 Å². The summed E-state index contributed by atoms with van der Waals surface area (Å²) in [5, 5.41) is 7.62. The largest absolute Gasteiger partial charge is 0.472 e. The maximum atomic E-state index is 12.6. The van der Waals surface area contributed by atoms with Crippen LogP contribution < -0.4 is 4.74 Å². The van der Waals surface area contributed by atoms with Crippen molar-refractivity contribution < 1.29 is 13.2 Å². The fourth-order valence-corrected chi connectivity index (χ4v) is 3.86. The van der Waals surface area contributed by atoms with E-state index in [4.69, 9.17) is 4.74 Å². The standard InChI is InChI=1S/C14H16N4O3S/c19-22(20,13-5-1-7-15-10-13)18-9-3-4-12(11-18)21-14-6-2-8-16-17-14/h1-2,5-8,10,12H,3-4,9,11H2. The van der Waals surface area contributed by atoms with E-state index in [2.05, 4.69) is 15.2 Å². The van der Waals surface area contributed by atoms with Gasteiger partial charge in [-0.1, -0.05) is 0 Å². The van der Waals surface area contributed by atoms with Crippen LogP contribution in [0.15, 0.2) is 47.8 Å². The Bertz CT molecular complexity index is 709. The molecule has 1 aliphatic rings. The normalized spacial score (nSPS) is 19.7. The summed E-state index contributed by atoms with van der Waals surface area (Å²) in [6.45, 7) is 0.783. The lowest BCUT2D eigenvalue weighted by atomic mass is 10.1. The summed E-state index contributed by atoms with van der Waals surface area (Å²) in [4.78, 5) is 4.08. The molecule has 1 fully saturated rings. The Labute approximate surface area is 129 Å². The minimum absolute atomic E-state index is 0.204. The van der Waals surface area contributed by atoms with Crippen LogP contribution in [0.5, 0.6) is 5.88 Å². The molecule has 1 aliphatic heterocycles. The predicted molar refractivity (Wildman–Crippen MR) is 78.7 cm³/mol. The smallest absolute Gasteiger partial charge is 0.244 e. The van der Waals surface area contributed by atoms with Crippen LogP contribution >= 0.6 is 0 Å². The average Bonchev–Trinajstić information content (AvgIpc) is 2.57. The molecule has 8 heteroatoms. The highest BCUT2D eigenvalue weighted by Gasteiger charge is 2.31. The van der Waals surface area contributed by atoms with E-state index < -0.39 is 10.0 Å². The molecule has 3 rings (SSSR count). The van der Waals surface area contributed by atoms with Gasteiger partial charge in [0.05, 0.1) is 6.54 Å². The van der Waals surface area contributed by atoms with Gasteiger partial charge in [-0.15, -0.1) is 5.10 Å². The number of nitrogens with zero attached hydrogens (tertiary/aromatic N) is 4. The van der Waals surface area contributed by atoms with Crippen LogP contribution in [0.25, 0.3) is 0 Å². The lowest BCUT2D eigenvalue weighted by molar-refractivity contribution is 0.123. The van der Waals surface area contributed by atoms with E-state index in [9.17, 15) is 8.42 Å². The predicted octanol–water partition coefficient (Wildman–Crippen LogP) is 1.10. The van der Waals surface area contributed by atoms with Gasteiger partial charge in [-0.05, 0) is 31.0 Å². The van der Waals surface area contributed by atoms with Gasteiger partial charge >= 0.3 is 0 Å². The number of pyridine rings is 1. The van der Waals surface area contributed by atoms with Gasteiger partial charge < -0.3 is 4.74 Å². The Balaban J connectivity index is 1.73. The fraction of sp³-hybridized carbons (Fsp3) is 0.357. The molecule has 3 heterocycles. The third kappa shape index (κ3) is 3.23. The Hall–Kier alpha value is -2.06. The summed E-state index contributed by atoms with van der Waals surface area (Å²) in [5.41, 5.74) is 0. The highest BCUT2D eigenvalue weighted by Crippen LogP contribution is 2.22. The molecule has 1 unspecified atom stereocenters.